The van der Waals surface area contributed by atoms with Crippen molar-refractivity contribution in [3.8, 4) is 0 Å². The van der Waals surface area contributed by atoms with Crippen molar-refractivity contribution >= 4 is 51.3 Å². The quantitative estimate of drug-likeness (QED) is 0.464. The van der Waals surface area contributed by atoms with Gasteiger partial charge in [-0.05, 0) is 60.3 Å². The number of thioether (sulfide) groups is 1. The predicted octanol–water partition coefficient (Wildman–Crippen LogP) is 5.65. The summed E-state index contributed by atoms with van der Waals surface area (Å²) in [4.78, 5) is 37.5. The lowest BCUT2D eigenvalue weighted by atomic mass is 10.2. The van der Waals surface area contributed by atoms with E-state index in [0.29, 0.717) is 15.4 Å². The number of hydrogen-bond acceptors (Lipinski definition) is 8. The van der Waals surface area contributed by atoms with E-state index in [1.54, 1.807) is 41.5 Å². The summed E-state index contributed by atoms with van der Waals surface area (Å²) in [6.45, 7) is 12.5. The molecular formula is C19H27N3O4S2. The zero-order valence-corrected chi connectivity index (χ0v) is 19.2. The molecule has 0 aromatic carbocycles. The standard InChI is InChI=1S/C19H27N3O4S2/c1-9-11-10-12-13(20-15(27-8)21-14(12)28-11)22(16(23)25-18(2,3)4)17(24)26-19(5,6)7/h10H,9H2,1-8H3. The van der Waals surface area contributed by atoms with E-state index in [0.717, 1.165) is 16.2 Å². The van der Waals surface area contributed by atoms with Crippen LogP contribution in [0.4, 0.5) is 15.4 Å². The number of fused-ring (bicyclic) bond motifs is 1. The van der Waals surface area contributed by atoms with E-state index >= 15 is 0 Å². The highest BCUT2D eigenvalue weighted by molar-refractivity contribution is 7.98. The minimum absolute atomic E-state index is 0.175. The monoisotopic (exact) mass is 425 g/mol. The maximum absolute atomic E-state index is 12.9. The van der Waals surface area contributed by atoms with Crippen LogP contribution in [0.1, 0.15) is 53.3 Å². The van der Waals surface area contributed by atoms with Crippen LogP contribution in [0.15, 0.2) is 11.2 Å². The highest BCUT2D eigenvalue weighted by Gasteiger charge is 2.35. The smallest absolute Gasteiger partial charge is 0.425 e. The second-order valence-electron chi connectivity index (χ2n) is 8.12. The summed E-state index contributed by atoms with van der Waals surface area (Å²) in [6, 6.07) is 1.90. The molecule has 0 saturated carbocycles. The van der Waals surface area contributed by atoms with Gasteiger partial charge in [0.15, 0.2) is 11.0 Å². The number of ether oxygens (including phenoxy) is 2. The Balaban J connectivity index is 2.66. The average molecular weight is 426 g/mol. The van der Waals surface area contributed by atoms with Gasteiger partial charge in [-0.3, -0.25) is 0 Å². The van der Waals surface area contributed by atoms with Crippen molar-refractivity contribution in [3.05, 3.63) is 10.9 Å². The number of aryl methyl sites for hydroxylation is 1. The Kier molecular flexibility index (Phi) is 6.60. The zero-order valence-electron chi connectivity index (χ0n) is 17.6. The Morgan fingerprint density at radius 2 is 1.61 bits per heavy atom. The van der Waals surface area contributed by atoms with Crippen LogP contribution in [-0.4, -0.2) is 39.6 Å². The molecule has 0 unspecified atom stereocenters. The van der Waals surface area contributed by atoms with Gasteiger partial charge in [-0.1, -0.05) is 18.7 Å². The molecule has 9 heteroatoms. The molecule has 0 fully saturated rings. The van der Waals surface area contributed by atoms with Crippen molar-refractivity contribution in [1.82, 2.24) is 9.97 Å². The molecule has 154 valence electrons. The van der Waals surface area contributed by atoms with Gasteiger partial charge >= 0.3 is 12.2 Å². The third kappa shape index (κ3) is 5.57. The van der Waals surface area contributed by atoms with E-state index in [1.807, 2.05) is 19.2 Å². The molecule has 0 aliphatic carbocycles. The molecule has 0 spiro atoms. The van der Waals surface area contributed by atoms with E-state index < -0.39 is 23.4 Å². The Morgan fingerprint density at radius 3 is 2.04 bits per heavy atom. The van der Waals surface area contributed by atoms with E-state index in [-0.39, 0.29) is 5.82 Å². The van der Waals surface area contributed by atoms with Crippen LogP contribution in [0.25, 0.3) is 10.2 Å². The van der Waals surface area contributed by atoms with Crippen LogP contribution in [0, 0.1) is 0 Å². The second-order valence-corrected chi connectivity index (χ2v) is 10.0. The molecule has 0 saturated heterocycles. The number of carbonyl (C=O) groups is 2. The maximum atomic E-state index is 12.9. The molecule has 0 atom stereocenters. The molecule has 0 bridgehead atoms. The highest BCUT2D eigenvalue weighted by Crippen LogP contribution is 2.34. The molecule has 7 nitrogen and oxygen atoms in total. The molecule has 0 radical (unpaired) electrons. The lowest BCUT2D eigenvalue weighted by Crippen LogP contribution is -2.44. The molecule has 2 heterocycles. The van der Waals surface area contributed by atoms with Gasteiger partial charge in [0.2, 0.25) is 0 Å². The first-order valence-electron chi connectivity index (χ1n) is 8.95. The van der Waals surface area contributed by atoms with Crippen LogP contribution in [-0.2, 0) is 15.9 Å². The molecule has 2 amide bonds. The number of thiophene rings is 1. The number of hydrogen-bond donors (Lipinski definition) is 0. The van der Waals surface area contributed by atoms with Gasteiger partial charge in [0.05, 0.1) is 5.39 Å². The lowest BCUT2D eigenvalue weighted by molar-refractivity contribution is 0.0429. The van der Waals surface area contributed by atoms with Gasteiger partial charge in [-0.2, -0.15) is 4.90 Å². The van der Waals surface area contributed by atoms with Crippen LogP contribution < -0.4 is 4.90 Å². The number of amides is 2. The molecule has 2 aromatic rings. The lowest BCUT2D eigenvalue weighted by Gasteiger charge is -2.28. The van der Waals surface area contributed by atoms with Crippen LogP contribution in [0.5, 0.6) is 0 Å². The third-order valence-corrected chi connectivity index (χ3v) is 5.02. The van der Waals surface area contributed by atoms with E-state index in [4.69, 9.17) is 9.47 Å². The summed E-state index contributed by atoms with van der Waals surface area (Å²) < 4.78 is 10.9. The fourth-order valence-corrected chi connectivity index (χ4v) is 3.62. The number of carbonyl (C=O) groups excluding carboxylic acids is 2. The van der Waals surface area contributed by atoms with Gasteiger partial charge in [0.25, 0.3) is 0 Å². The van der Waals surface area contributed by atoms with Crippen molar-refractivity contribution in [2.75, 3.05) is 11.2 Å². The minimum Gasteiger partial charge on any atom is -0.443 e. The predicted molar refractivity (Wildman–Crippen MR) is 114 cm³/mol. The second kappa shape index (κ2) is 8.24. The largest absolute Gasteiger partial charge is 0.443 e. The third-order valence-electron chi connectivity index (χ3n) is 3.30. The van der Waals surface area contributed by atoms with Gasteiger partial charge in [0.1, 0.15) is 16.0 Å². The Hall–Kier alpha value is -1.87. The molecule has 0 aliphatic rings. The molecule has 2 aromatic heterocycles. The summed E-state index contributed by atoms with van der Waals surface area (Å²) in [5, 5.41) is 1.08. The van der Waals surface area contributed by atoms with Crippen LogP contribution in [0.2, 0.25) is 0 Å². The van der Waals surface area contributed by atoms with Gasteiger partial charge in [-0.25, -0.2) is 19.6 Å². The molecule has 0 N–H and O–H groups in total. The fraction of sp³-hybridized carbons (Fsp3) is 0.579. The summed E-state index contributed by atoms with van der Waals surface area (Å²) in [5.74, 6) is 0.175. The van der Waals surface area contributed by atoms with Crippen LogP contribution >= 0.6 is 23.1 Å². The topological polar surface area (TPSA) is 81.6 Å². The van der Waals surface area contributed by atoms with Gasteiger partial charge in [-0.15, -0.1) is 11.3 Å². The summed E-state index contributed by atoms with van der Waals surface area (Å²) in [6.07, 6.45) is 0.981. The average Bonchev–Trinajstić information content (AvgIpc) is 2.94. The van der Waals surface area contributed by atoms with Gasteiger partial charge in [0, 0.05) is 4.88 Å². The molecule has 0 aliphatic heterocycles. The van der Waals surface area contributed by atoms with E-state index in [9.17, 15) is 9.59 Å². The van der Waals surface area contributed by atoms with Crippen LogP contribution in [0.3, 0.4) is 0 Å². The SMILES string of the molecule is CCc1cc2c(N(C(=O)OC(C)(C)C)C(=O)OC(C)(C)C)nc(SC)nc2s1. The molecule has 2 rings (SSSR count). The fourth-order valence-electron chi connectivity index (χ4n) is 2.24. The van der Waals surface area contributed by atoms with Crippen molar-refractivity contribution < 1.29 is 19.1 Å². The van der Waals surface area contributed by atoms with E-state index in [1.165, 1.54) is 23.1 Å². The Bertz CT molecular complexity index is 854. The minimum atomic E-state index is -0.835. The zero-order chi connectivity index (χ0) is 21.3. The van der Waals surface area contributed by atoms with Crippen molar-refractivity contribution in [1.29, 1.82) is 0 Å². The van der Waals surface area contributed by atoms with Crippen molar-refractivity contribution in [2.45, 2.75) is 71.2 Å². The number of anilines is 1. The Morgan fingerprint density at radius 1 is 1.07 bits per heavy atom. The summed E-state index contributed by atoms with van der Waals surface area (Å²) in [7, 11) is 0. The molecular weight excluding hydrogens is 398 g/mol. The van der Waals surface area contributed by atoms with E-state index in [2.05, 4.69) is 9.97 Å². The number of aromatic nitrogens is 2. The number of nitrogens with zero attached hydrogens (tertiary/aromatic N) is 3. The summed E-state index contributed by atoms with van der Waals surface area (Å²) >= 11 is 2.85. The normalized spacial score (nSPS) is 12.1. The van der Waals surface area contributed by atoms with Gasteiger partial charge < -0.3 is 9.47 Å². The first-order valence-corrected chi connectivity index (χ1v) is 11.0. The number of imide groups is 1. The Labute approximate surface area is 173 Å². The van der Waals surface area contributed by atoms with Crippen molar-refractivity contribution in [3.63, 3.8) is 0 Å². The summed E-state index contributed by atoms with van der Waals surface area (Å²) in [5.41, 5.74) is -1.57. The number of rotatable bonds is 3. The first kappa shape index (κ1) is 22.4. The van der Waals surface area contributed by atoms with Crippen molar-refractivity contribution in [2.24, 2.45) is 0 Å². The maximum Gasteiger partial charge on any atom is 0.425 e. The molecule has 28 heavy (non-hydrogen) atoms. The highest BCUT2D eigenvalue weighted by atomic mass is 32.2. The first-order chi connectivity index (χ1) is 12.8.